The Labute approximate surface area is 150 Å². The molecule has 1 aliphatic rings. The van der Waals surface area contributed by atoms with Crippen LogP contribution in [0, 0.1) is 0 Å². The summed E-state index contributed by atoms with van der Waals surface area (Å²) in [6.45, 7) is 6.81. The molecule has 1 atom stereocenters. The molecule has 1 fully saturated rings. The maximum atomic E-state index is 12.8. The number of hydrogen-bond acceptors (Lipinski definition) is 5. The van der Waals surface area contributed by atoms with Crippen LogP contribution in [0.15, 0.2) is 6.07 Å². The second-order valence-corrected chi connectivity index (χ2v) is 6.38. The monoisotopic (exact) mass is 350 g/mol. The van der Waals surface area contributed by atoms with Gasteiger partial charge in [0.2, 0.25) is 0 Å². The van der Waals surface area contributed by atoms with Crippen molar-refractivity contribution in [3.63, 3.8) is 0 Å². The summed E-state index contributed by atoms with van der Waals surface area (Å²) in [6, 6.07) is 2.09. The predicted molar refractivity (Wildman–Crippen MR) is 97.8 cm³/mol. The van der Waals surface area contributed by atoms with E-state index < -0.39 is 0 Å². The van der Waals surface area contributed by atoms with Crippen LogP contribution in [-0.4, -0.2) is 55.8 Å². The lowest BCUT2D eigenvalue weighted by Gasteiger charge is -2.23. The number of likely N-dealkylation sites (N-methyl/N-ethyl adjacent to an activating group) is 1. The van der Waals surface area contributed by atoms with Crippen LogP contribution in [0.1, 0.15) is 49.0 Å². The zero-order valence-corrected chi connectivity index (χ0v) is 15.7. The standard InChI is InChI=1S/C19H30N2O4/c1-5-8-13-11-15(24-3)17(22)16(18(13)25-4)19(23)20-12-14-9-7-10-21(14)6-2/h11,14,22H,5-10,12H2,1-4H3,(H,20,23)/t14-/m0/s1. The second kappa shape index (κ2) is 8.94. The first-order valence-corrected chi connectivity index (χ1v) is 9.06. The van der Waals surface area contributed by atoms with Gasteiger partial charge in [0, 0.05) is 12.6 Å². The summed E-state index contributed by atoms with van der Waals surface area (Å²) in [4.78, 5) is 15.2. The molecule has 1 heterocycles. The number of aryl methyl sites for hydroxylation is 1. The van der Waals surface area contributed by atoms with E-state index in [1.54, 1.807) is 6.07 Å². The maximum Gasteiger partial charge on any atom is 0.259 e. The normalized spacial score (nSPS) is 17.5. The molecule has 0 spiro atoms. The first-order chi connectivity index (χ1) is 12.1. The number of nitrogens with one attached hydrogen (secondary N) is 1. The zero-order valence-electron chi connectivity index (χ0n) is 15.7. The number of methoxy groups -OCH3 is 2. The molecule has 2 rings (SSSR count). The summed E-state index contributed by atoms with van der Waals surface area (Å²) in [7, 11) is 3.00. The van der Waals surface area contributed by atoms with E-state index in [0.29, 0.717) is 24.1 Å². The minimum atomic E-state index is -0.325. The highest BCUT2D eigenvalue weighted by Crippen LogP contribution is 2.40. The Hall–Kier alpha value is -1.95. The molecule has 2 N–H and O–H groups in total. The highest BCUT2D eigenvalue weighted by atomic mass is 16.5. The van der Waals surface area contributed by atoms with Gasteiger partial charge in [-0.15, -0.1) is 0 Å². The number of likely N-dealkylation sites (tertiary alicyclic amines) is 1. The van der Waals surface area contributed by atoms with Gasteiger partial charge < -0.3 is 19.9 Å². The Balaban J connectivity index is 2.26. The Morgan fingerprint density at radius 2 is 2.12 bits per heavy atom. The SMILES string of the molecule is CCCc1cc(OC)c(O)c(C(=O)NC[C@@H]2CCCN2CC)c1OC. The molecule has 0 radical (unpaired) electrons. The number of hydrogen-bond donors (Lipinski definition) is 2. The highest BCUT2D eigenvalue weighted by molar-refractivity contribution is 6.01. The lowest BCUT2D eigenvalue weighted by Crippen LogP contribution is -2.40. The molecule has 1 saturated heterocycles. The molecule has 1 aromatic carbocycles. The molecule has 0 saturated carbocycles. The van der Waals surface area contributed by atoms with Crippen LogP contribution in [-0.2, 0) is 6.42 Å². The number of benzene rings is 1. The van der Waals surface area contributed by atoms with Gasteiger partial charge in [-0.2, -0.15) is 0 Å². The number of phenols is 1. The Bertz CT molecular complexity index is 604. The topological polar surface area (TPSA) is 71.0 Å². The van der Waals surface area contributed by atoms with E-state index >= 15 is 0 Å². The smallest absolute Gasteiger partial charge is 0.259 e. The van der Waals surface area contributed by atoms with Crippen LogP contribution in [0.25, 0.3) is 0 Å². The van der Waals surface area contributed by atoms with Gasteiger partial charge in [0.25, 0.3) is 5.91 Å². The molecule has 140 valence electrons. The van der Waals surface area contributed by atoms with Crippen molar-refractivity contribution in [2.24, 2.45) is 0 Å². The number of carbonyl (C=O) groups is 1. The van der Waals surface area contributed by atoms with Gasteiger partial charge in [-0.05, 0) is 44.0 Å². The molecule has 0 unspecified atom stereocenters. The van der Waals surface area contributed by atoms with Crippen LogP contribution >= 0.6 is 0 Å². The average molecular weight is 350 g/mol. The summed E-state index contributed by atoms with van der Waals surface area (Å²) in [5, 5.41) is 13.4. The third kappa shape index (κ3) is 4.18. The third-order valence-corrected chi connectivity index (χ3v) is 4.87. The Kier molecular flexibility index (Phi) is 6.93. The van der Waals surface area contributed by atoms with E-state index in [4.69, 9.17) is 9.47 Å². The van der Waals surface area contributed by atoms with Crippen molar-refractivity contribution in [1.29, 1.82) is 0 Å². The molecule has 0 aromatic heterocycles. The van der Waals surface area contributed by atoms with E-state index in [9.17, 15) is 9.90 Å². The number of ether oxygens (including phenoxy) is 2. The van der Waals surface area contributed by atoms with Crippen molar-refractivity contribution in [2.45, 2.75) is 45.6 Å². The number of phenolic OH excluding ortho intramolecular Hbond substituents is 1. The molecule has 0 aliphatic carbocycles. The fraction of sp³-hybridized carbons (Fsp3) is 0.632. The summed E-state index contributed by atoms with van der Waals surface area (Å²) < 4.78 is 10.7. The van der Waals surface area contributed by atoms with Crippen LogP contribution < -0.4 is 14.8 Å². The summed E-state index contributed by atoms with van der Waals surface area (Å²) in [5.41, 5.74) is 1.02. The number of carbonyl (C=O) groups excluding carboxylic acids is 1. The fourth-order valence-electron chi connectivity index (χ4n) is 3.58. The molecular formula is C19H30N2O4. The minimum absolute atomic E-state index is 0.159. The molecule has 1 amide bonds. The quantitative estimate of drug-likeness (QED) is 0.754. The van der Waals surface area contributed by atoms with Crippen LogP contribution in [0.2, 0.25) is 0 Å². The van der Waals surface area contributed by atoms with Crippen LogP contribution in [0.3, 0.4) is 0 Å². The molecule has 0 bridgehead atoms. The minimum Gasteiger partial charge on any atom is -0.504 e. The van der Waals surface area contributed by atoms with Gasteiger partial charge in [0.15, 0.2) is 11.5 Å². The number of rotatable bonds is 8. The molecule has 1 aliphatic heterocycles. The molecule has 6 nitrogen and oxygen atoms in total. The average Bonchev–Trinajstić information content (AvgIpc) is 3.08. The van der Waals surface area contributed by atoms with Gasteiger partial charge in [-0.25, -0.2) is 0 Å². The van der Waals surface area contributed by atoms with E-state index in [2.05, 4.69) is 24.1 Å². The van der Waals surface area contributed by atoms with Gasteiger partial charge in [0.05, 0.1) is 14.2 Å². The van der Waals surface area contributed by atoms with Gasteiger partial charge in [-0.3, -0.25) is 9.69 Å². The first-order valence-electron chi connectivity index (χ1n) is 9.06. The van der Waals surface area contributed by atoms with Crippen molar-refractivity contribution in [3.05, 3.63) is 17.2 Å². The molecule has 25 heavy (non-hydrogen) atoms. The summed E-state index contributed by atoms with van der Waals surface area (Å²) in [6.07, 6.45) is 3.88. The van der Waals surface area contributed by atoms with E-state index in [-0.39, 0.29) is 17.2 Å². The molecule has 6 heteroatoms. The first kappa shape index (κ1) is 19.4. The lowest BCUT2D eigenvalue weighted by molar-refractivity contribution is 0.0934. The number of nitrogens with zero attached hydrogens (tertiary/aromatic N) is 1. The lowest BCUT2D eigenvalue weighted by atomic mass is 10.0. The predicted octanol–water partition coefficient (Wildman–Crippen LogP) is 2.58. The second-order valence-electron chi connectivity index (χ2n) is 6.38. The van der Waals surface area contributed by atoms with Gasteiger partial charge >= 0.3 is 0 Å². The molecular weight excluding hydrogens is 320 g/mol. The van der Waals surface area contributed by atoms with Gasteiger partial charge in [0.1, 0.15) is 11.3 Å². The van der Waals surface area contributed by atoms with Crippen molar-refractivity contribution in [1.82, 2.24) is 10.2 Å². The number of amides is 1. The largest absolute Gasteiger partial charge is 0.504 e. The number of aromatic hydroxyl groups is 1. The fourth-order valence-corrected chi connectivity index (χ4v) is 3.58. The van der Waals surface area contributed by atoms with Crippen molar-refractivity contribution >= 4 is 5.91 Å². The van der Waals surface area contributed by atoms with Crippen molar-refractivity contribution in [3.8, 4) is 17.2 Å². The summed E-state index contributed by atoms with van der Waals surface area (Å²) >= 11 is 0. The van der Waals surface area contributed by atoms with Gasteiger partial charge in [-0.1, -0.05) is 20.3 Å². The molecule has 1 aromatic rings. The van der Waals surface area contributed by atoms with Crippen molar-refractivity contribution in [2.75, 3.05) is 33.9 Å². The van der Waals surface area contributed by atoms with Crippen LogP contribution in [0.5, 0.6) is 17.2 Å². The van der Waals surface area contributed by atoms with E-state index in [1.807, 2.05) is 0 Å². The van der Waals surface area contributed by atoms with E-state index in [1.165, 1.54) is 14.2 Å². The van der Waals surface area contributed by atoms with E-state index in [0.717, 1.165) is 44.3 Å². The third-order valence-electron chi connectivity index (χ3n) is 4.87. The highest BCUT2D eigenvalue weighted by Gasteiger charge is 2.27. The Morgan fingerprint density at radius 1 is 1.36 bits per heavy atom. The van der Waals surface area contributed by atoms with Crippen molar-refractivity contribution < 1.29 is 19.4 Å². The zero-order chi connectivity index (χ0) is 18.4. The maximum absolute atomic E-state index is 12.8. The van der Waals surface area contributed by atoms with Crippen LogP contribution in [0.4, 0.5) is 0 Å². The Morgan fingerprint density at radius 3 is 2.72 bits per heavy atom. The summed E-state index contributed by atoms with van der Waals surface area (Å²) in [5.74, 6) is 0.228.